The van der Waals surface area contributed by atoms with Gasteiger partial charge in [0.25, 0.3) is 0 Å². The summed E-state index contributed by atoms with van der Waals surface area (Å²) >= 11 is 0. The van der Waals surface area contributed by atoms with Gasteiger partial charge in [0.2, 0.25) is 15.9 Å². The lowest BCUT2D eigenvalue weighted by molar-refractivity contribution is -0.122. The first kappa shape index (κ1) is 14.4. The fourth-order valence-corrected chi connectivity index (χ4v) is 2.97. The Balaban J connectivity index is 2.25. The van der Waals surface area contributed by atoms with E-state index in [0.717, 1.165) is 12.8 Å². The lowest BCUT2D eigenvalue weighted by Crippen LogP contribution is -2.38. The van der Waals surface area contributed by atoms with Crippen molar-refractivity contribution in [2.24, 2.45) is 5.92 Å². The van der Waals surface area contributed by atoms with E-state index < -0.39 is 10.0 Å². The quantitative estimate of drug-likeness (QED) is 0.682. The fourth-order valence-electron chi connectivity index (χ4n) is 1.74. The Morgan fingerprint density at radius 2 is 2.00 bits per heavy atom. The van der Waals surface area contributed by atoms with Crippen LogP contribution in [-0.4, -0.2) is 44.0 Å². The summed E-state index contributed by atoms with van der Waals surface area (Å²) in [5, 5.41) is 2.83. The van der Waals surface area contributed by atoms with Crippen LogP contribution in [0.4, 0.5) is 0 Å². The summed E-state index contributed by atoms with van der Waals surface area (Å²) in [4.78, 5) is 11.3. The Morgan fingerprint density at radius 1 is 1.41 bits per heavy atom. The highest BCUT2D eigenvalue weighted by atomic mass is 32.2. The van der Waals surface area contributed by atoms with Gasteiger partial charge in [-0.2, -0.15) is 4.31 Å². The largest absolute Gasteiger partial charge is 0.356 e. The van der Waals surface area contributed by atoms with Gasteiger partial charge in [-0.15, -0.1) is 0 Å². The minimum atomic E-state index is -3.15. The van der Waals surface area contributed by atoms with Crippen LogP contribution in [0.3, 0.4) is 0 Å². The van der Waals surface area contributed by atoms with Crippen LogP contribution in [0.5, 0.6) is 0 Å². The maximum Gasteiger partial charge on any atom is 0.223 e. The van der Waals surface area contributed by atoms with Gasteiger partial charge >= 0.3 is 0 Å². The predicted molar refractivity (Wildman–Crippen MR) is 67.0 cm³/mol. The molecule has 1 fully saturated rings. The highest BCUT2D eigenvalue weighted by Crippen LogP contribution is 2.28. The molecule has 1 amide bonds. The fraction of sp³-hybridized carbons (Fsp3) is 0.909. The van der Waals surface area contributed by atoms with E-state index in [2.05, 4.69) is 5.32 Å². The smallest absolute Gasteiger partial charge is 0.223 e. The average molecular weight is 262 g/mol. The molecule has 0 aromatic rings. The van der Waals surface area contributed by atoms with Gasteiger partial charge in [0.15, 0.2) is 0 Å². The molecule has 5 nitrogen and oxygen atoms in total. The second-order valence-corrected chi connectivity index (χ2v) is 6.82. The summed E-state index contributed by atoms with van der Waals surface area (Å²) in [5.74, 6) is 0.326. The molecule has 17 heavy (non-hydrogen) atoms. The van der Waals surface area contributed by atoms with E-state index in [1.165, 1.54) is 10.6 Å². The topological polar surface area (TPSA) is 66.5 Å². The van der Waals surface area contributed by atoms with E-state index in [9.17, 15) is 13.2 Å². The summed E-state index contributed by atoms with van der Waals surface area (Å²) in [7, 11) is -3.15. The molecule has 0 spiro atoms. The number of nitrogens with zero attached hydrogens (tertiary/aromatic N) is 1. The summed E-state index contributed by atoms with van der Waals surface area (Å²) in [6, 6.07) is -0.0378. The molecular formula is C11H22N2O3S. The molecule has 1 N–H and O–H groups in total. The lowest BCUT2D eigenvalue weighted by atomic mass is 10.3. The molecule has 0 saturated heterocycles. The summed E-state index contributed by atoms with van der Waals surface area (Å²) in [6.07, 6.45) is 3.86. The van der Waals surface area contributed by atoms with Crippen LogP contribution >= 0.6 is 0 Å². The van der Waals surface area contributed by atoms with E-state index >= 15 is 0 Å². The molecule has 0 aliphatic heterocycles. The van der Waals surface area contributed by atoms with Crippen LogP contribution in [0, 0.1) is 5.92 Å². The predicted octanol–water partition coefficient (Wildman–Crippen LogP) is 0.573. The summed E-state index contributed by atoms with van der Waals surface area (Å²) < 4.78 is 24.4. The summed E-state index contributed by atoms with van der Waals surface area (Å²) in [6.45, 7) is 4.71. The molecule has 0 atom stereocenters. The normalized spacial score (nSPS) is 16.5. The average Bonchev–Trinajstić information content (AvgIpc) is 2.97. The third-order valence-electron chi connectivity index (χ3n) is 2.80. The van der Waals surface area contributed by atoms with Crippen molar-refractivity contribution < 1.29 is 13.2 Å². The van der Waals surface area contributed by atoms with Gasteiger partial charge in [0.05, 0.1) is 6.26 Å². The van der Waals surface area contributed by atoms with Crippen molar-refractivity contribution in [1.82, 2.24) is 9.62 Å². The molecule has 1 aliphatic rings. The zero-order chi connectivity index (χ0) is 13.1. The van der Waals surface area contributed by atoms with Crippen LogP contribution in [0.1, 0.15) is 33.1 Å². The van der Waals surface area contributed by atoms with Crippen LogP contribution in [0.15, 0.2) is 0 Å². The minimum Gasteiger partial charge on any atom is -0.356 e. The first-order chi connectivity index (χ1) is 7.82. The van der Waals surface area contributed by atoms with Crippen LogP contribution < -0.4 is 5.32 Å². The molecule has 6 heteroatoms. The number of nitrogens with one attached hydrogen (secondary N) is 1. The maximum atomic E-state index is 11.5. The van der Waals surface area contributed by atoms with Crippen molar-refractivity contribution in [1.29, 1.82) is 0 Å². The maximum absolute atomic E-state index is 11.5. The molecule has 1 saturated carbocycles. The van der Waals surface area contributed by atoms with Crippen molar-refractivity contribution >= 4 is 15.9 Å². The second kappa shape index (κ2) is 5.82. The second-order valence-electron chi connectivity index (χ2n) is 4.89. The first-order valence-electron chi connectivity index (χ1n) is 6.07. The van der Waals surface area contributed by atoms with Crippen molar-refractivity contribution in [3.63, 3.8) is 0 Å². The van der Waals surface area contributed by atoms with Crippen molar-refractivity contribution in [3.8, 4) is 0 Å². The zero-order valence-electron chi connectivity index (χ0n) is 10.8. The van der Waals surface area contributed by atoms with Crippen molar-refractivity contribution in [3.05, 3.63) is 0 Å². The van der Waals surface area contributed by atoms with E-state index in [-0.39, 0.29) is 17.9 Å². The van der Waals surface area contributed by atoms with Crippen molar-refractivity contribution in [2.75, 3.05) is 19.3 Å². The van der Waals surface area contributed by atoms with Gasteiger partial charge in [-0.05, 0) is 33.1 Å². The van der Waals surface area contributed by atoms with Crippen LogP contribution in [-0.2, 0) is 14.8 Å². The third kappa shape index (κ3) is 5.04. The Hall–Kier alpha value is -0.620. The molecular weight excluding hydrogens is 240 g/mol. The van der Waals surface area contributed by atoms with Crippen LogP contribution in [0.2, 0.25) is 0 Å². The monoisotopic (exact) mass is 262 g/mol. The van der Waals surface area contributed by atoms with Gasteiger partial charge in [-0.25, -0.2) is 8.42 Å². The SMILES string of the molecule is CC(C)N(CCCNC(=O)C1CC1)S(C)(=O)=O. The standard InChI is InChI=1S/C11H22N2O3S/c1-9(2)13(17(3,15)16)8-4-7-12-11(14)10-5-6-10/h9-10H,4-8H2,1-3H3,(H,12,14). The summed E-state index contributed by atoms with van der Waals surface area (Å²) in [5.41, 5.74) is 0. The Labute approximate surface area is 104 Å². The van der Waals surface area contributed by atoms with Gasteiger partial charge < -0.3 is 5.32 Å². The van der Waals surface area contributed by atoms with Gasteiger partial charge in [-0.3, -0.25) is 4.79 Å². The number of hydrogen-bond acceptors (Lipinski definition) is 3. The number of rotatable bonds is 7. The Morgan fingerprint density at radius 3 is 2.41 bits per heavy atom. The van der Waals surface area contributed by atoms with Crippen molar-refractivity contribution in [2.45, 2.75) is 39.2 Å². The van der Waals surface area contributed by atoms with E-state index in [0.29, 0.717) is 19.5 Å². The molecule has 0 radical (unpaired) electrons. The van der Waals surface area contributed by atoms with Gasteiger partial charge in [0.1, 0.15) is 0 Å². The van der Waals surface area contributed by atoms with E-state index in [1.54, 1.807) is 0 Å². The number of hydrogen-bond donors (Lipinski definition) is 1. The van der Waals surface area contributed by atoms with Gasteiger partial charge in [0, 0.05) is 25.0 Å². The minimum absolute atomic E-state index is 0.0378. The first-order valence-corrected chi connectivity index (χ1v) is 7.91. The molecule has 0 unspecified atom stereocenters. The number of amides is 1. The number of sulfonamides is 1. The number of carbonyl (C=O) groups is 1. The molecule has 0 aromatic carbocycles. The van der Waals surface area contributed by atoms with Crippen LogP contribution in [0.25, 0.3) is 0 Å². The highest BCUT2D eigenvalue weighted by Gasteiger charge is 2.29. The third-order valence-corrected chi connectivity index (χ3v) is 4.26. The molecule has 0 aromatic heterocycles. The number of carbonyl (C=O) groups excluding carboxylic acids is 1. The van der Waals surface area contributed by atoms with E-state index in [4.69, 9.17) is 0 Å². The zero-order valence-corrected chi connectivity index (χ0v) is 11.6. The molecule has 100 valence electrons. The Kier molecular flexibility index (Phi) is 4.94. The molecule has 1 aliphatic carbocycles. The molecule has 0 bridgehead atoms. The Bertz CT molecular complexity index is 361. The lowest BCUT2D eigenvalue weighted by Gasteiger charge is -2.23. The van der Waals surface area contributed by atoms with E-state index in [1.807, 2.05) is 13.8 Å². The molecule has 1 rings (SSSR count). The van der Waals surface area contributed by atoms with Gasteiger partial charge in [-0.1, -0.05) is 0 Å². The highest BCUT2D eigenvalue weighted by molar-refractivity contribution is 7.88. The molecule has 0 heterocycles.